The molecule has 0 aromatic heterocycles. The number of allylic oxidation sites excluding steroid dienone is 1. The summed E-state index contributed by atoms with van der Waals surface area (Å²) in [6, 6.07) is 12.7. The Morgan fingerprint density at radius 2 is 1.58 bits per heavy atom. The van der Waals surface area contributed by atoms with E-state index in [9.17, 15) is 15.5 Å². The van der Waals surface area contributed by atoms with Crippen LogP contribution in [0, 0.1) is 11.3 Å². The molecule has 0 aliphatic carbocycles. The molecule has 5 heteroatoms. The molecule has 0 saturated heterocycles. The Hall–Kier alpha value is -2.81. The van der Waals surface area contributed by atoms with Gasteiger partial charge in [0.05, 0.1) is 39.1 Å². The lowest BCUT2D eigenvalue weighted by molar-refractivity contribution is 0.273. The summed E-state index contributed by atoms with van der Waals surface area (Å²) in [5.41, 5.74) is 3.27. The second-order valence-electron chi connectivity index (χ2n) is 5.08. The number of rotatable bonds is 6. The van der Waals surface area contributed by atoms with E-state index in [1.54, 1.807) is 36.4 Å². The number of hydrogen-bond donors (Lipinski definition) is 2. The lowest BCUT2D eigenvalue weighted by atomic mass is 10.0. The Morgan fingerprint density at radius 3 is 2.12 bits per heavy atom. The molecule has 0 atom stereocenters. The van der Waals surface area contributed by atoms with Gasteiger partial charge in [-0.05, 0) is 29.3 Å². The van der Waals surface area contributed by atoms with Gasteiger partial charge in [-0.25, -0.2) is 0 Å². The van der Waals surface area contributed by atoms with Crippen LogP contribution in [-0.2, 0) is 13.2 Å². The smallest absolute Gasteiger partial charge is 0.125 e. The van der Waals surface area contributed by atoms with E-state index >= 15 is 0 Å². The van der Waals surface area contributed by atoms with Crippen molar-refractivity contribution in [3.8, 4) is 17.6 Å². The predicted octanol–water partition coefficient (Wildman–Crippen LogP) is 2.75. The maximum absolute atomic E-state index is 9.48. The van der Waals surface area contributed by atoms with Crippen LogP contribution in [0.4, 0.5) is 0 Å². The Labute approximate surface area is 141 Å². The molecule has 2 aromatic carbocycles. The van der Waals surface area contributed by atoms with Gasteiger partial charge in [0.25, 0.3) is 0 Å². The predicted molar refractivity (Wildman–Crippen MR) is 91.3 cm³/mol. The average molecular weight is 325 g/mol. The SMILES string of the molecule is COc1cc(C=C(C#N)c2ccc(CO)c(OC)c2)ccc1CO. The zero-order valence-corrected chi connectivity index (χ0v) is 13.6. The molecule has 0 heterocycles. The first-order valence-corrected chi connectivity index (χ1v) is 7.34. The topological polar surface area (TPSA) is 82.7 Å². The van der Waals surface area contributed by atoms with E-state index in [4.69, 9.17) is 9.47 Å². The number of hydrogen-bond acceptors (Lipinski definition) is 5. The highest BCUT2D eigenvalue weighted by atomic mass is 16.5. The van der Waals surface area contributed by atoms with Gasteiger partial charge in [-0.3, -0.25) is 0 Å². The summed E-state index contributed by atoms with van der Waals surface area (Å²) >= 11 is 0. The quantitative estimate of drug-likeness (QED) is 0.630. The maximum Gasteiger partial charge on any atom is 0.125 e. The fourth-order valence-electron chi connectivity index (χ4n) is 2.37. The summed E-state index contributed by atoms with van der Waals surface area (Å²) in [7, 11) is 3.05. The summed E-state index contributed by atoms with van der Waals surface area (Å²) in [6.07, 6.45) is 1.73. The van der Waals surface area contributed by atoms with Gasteiger partial charge in [-0.15, -0.1) is 0 Å². The number of aliphatic hydroxyl groups excluding tert-OH is 2. The number of nitriles is 1. The standard InChI is InChI=1S/C19H19NO4/c1-23-18-8-13(3-4-15(18)11-21)7-17(10-20)14-5-6-16(12-22)19(9-14)24-2/h3-9,21-22H,11-12H2,1-2H3. The van der Waals surface area contributed by atoms with Crippen LogP contribution in [0.2, 0.25) is 0 Å². The minimum absolute atomic E-state index is 0.113. The van der Waals surface area contributed by atoms with Crippen LogP contribution in [-0.4, -0.2) is 24.4 Å². The van der Waals surface area contributed by atoms with Crippen molar-refractivity contribution in [2.45, 2.75) is 13.2 Å². The molecule has 0 unspecified atom stereocenters. The molecule has 0 spiro atoms. The van der Waals surface area contributed by atoms with Crippen molar-refractivity contribution in [2.75, 3.05) is 14.2 Å². The lowest BCUT2D eigenvalue weighted by Crippen LogP contribution is -1.94. The molecule has 24 heavy (non-hydrogen) atoms. The molecule has 0 radical (unpaired) electrons. The highest BCUT2D eigenvalue weighted by Crippen LogP contribution is 2.27. The van der Waals surface area contributed by atoms with Gasteiger partial charge in [0.1, 0.15) is 11.5 Å². The normalized spacial score (nSPS) is 11.0. The third-order valence-corrected chi connectivity index (χ3v) is 3.68. The van der Waals surface area contributed by atoms with Crippen LogP contribution in [0.3, 0.4) is 0 Å². The zero-order chi connectivity index (χ0) is 17.5. The molecule has 2 aromatic rings. The average Bonchev–Trinajstić information content (AvgIpc) is 2.65. The van der Waals surface area contributed by atoms with E-state index in [1.807, 2.05) is 6.07 Å². The second-order valence-corrected chi connectivity index (χ2v) is 5.08. The van der Waals surface area contributed by atoms with Crippen molar-refractivity contribution in [3.05, 3.63) is 58.7 Å². The summed E-state index contributed by atoms with van der Waals surface area (Å²) in [6.45, 7) is -0.243. The monoisotopic (exact) mass is 325 g/mol. The summed E-state index contributed by atoms with van der Waals surface area (Å²) in [5, 5.41) is 28.0. The Balaban J connectivity index is 2.45. The van der Waals surface area contributed by atoms with E-state index < -0.39 is 0 Å². The molecule has 124 valence electrons. The fraction of sp³-hybridized carbons (Fsp3) is 0.211. The molecule has 0 aliphatic heterocycles. The van der Waals surface area contributed by atoms with Gasteiger partial charge in [-0.2, -0.15) is 5.26 Å². The van der Waals surface area contributed by atoms with Crippen LogP contribution >= 0.6 is 0 Å². The number of ether oxygens (including phenoxy) is 2. The van der Waals surface area contributed by atoms with E-state index in [2.05, 4.69) is 6.07 Å². The van der Waals surface area contributed by atoms with Gasteiger partial charge in [0.15, 0.2) is 0 Å². The van der Waals surface area contributed by atoms with Crippen molar-refractivity contribution >= 4 is 11.6 Å². The third-order valence-electron chi connectivity index (χ3n) is 3.68. The molecule has 0 aliphatic rings. The Kier molecular flexibility index (Phi) is 5.96. The lowest BCUT2D eigenvalue weighted by Gasteiger charge is -2.09. The summed E-state index contributed by atoms with van der Waals surface area (Å²) in [5.74, 6) is 1.10. The maximum atomic E-state index is 9.48. The largest absolute Gasteiger partial charge is 0.496 e. The minimum Gasteiger partial charge on any atom is -0.496 e. The van der Waals surface area contributed by atoms with Gasteiger partial charge >= 0.3 is 0 Å². The van der Waals surface area contributed by atoms with E-state index in [-0.39, 0.29) is 13.2 Å². The number of nitrogens with zero attached hydrogens (tertiary/aromatic N) is 1. The molecule has 0 saturated carbocycles. The molecular weight excluding hydrogens is 306 g/mol. The van der Waals surface area contributed by atoms with Gasteiger partial charge < -0.3 is 19.7 Å². The number of methoxy groups -OCH3 is 2. The number of aliphatic hydroxyl groups is 2. The molecule has 2 N–H and O–H groups in total. The summed E-state index contributed by atoms with van der Waals surface area (Å²) < 4.78 is 10.5. The molecule has 0 bridgehead atoms. The Bertz CT molecular complexity index is 790. The van der Waals surface area contributed by atoms with E-state index in [0.717, 1.165) is 5.56 Å². The first-order chi connectivity index (χ1) is 11.7. The van der Waals surface area contributed by atoms with E-state index in [0.29, 0.717) is 33.8 Å². The first kappa shape index (κ1) is 17.5. The van der Waals surface area contributed by atoms with Crippen molar-refractivity contribution < 1.29 is 19.7 Å². The molecule has 5 nitrogen and oxygen atoms in total. The summed E-state index contributed by atoms with van der Waals surface area (Å²) in [4.78, 5) is 0. The first-order valence-electron chi connectivity index (χ1n) is 7.34. The van der Waals surface area contributed by atoms with Crippen LogP contribution < -0.4 is 9.47 Å². The fourth-order valence-corrected chi connectivity index (χ4v) is 2.37. The van der Waals surface area contributed by atoms with Crippen molar-refractivity contribution in [2.24, 2.45) is 0 Å². The van der Waals surface area contributed by atoms with Gasteiger partial charge in [0, 0.05) is 11.1 Å². The van der Waals surface area contributed by atoms with Crippen LogP contribution in [0.15, 0.2) is 36.4 Å². The molecule has 0 amide bonds. The van der Waals surface area contributed by atoms with Crippen molar-refractivity contribution in [1.29, 1.82) is 5.26 Å². The van der Waals surface area contributed by atoms with Crippen LogP contribution in [0.25, 0.3) is 11.6 Å². The van der Waals surface area contributed by atoms with Crippen LogP contribution in [0.1, 0.15) is 22.3 Å². The zero-order valence-electron chi connectivity index (χ0n) is 13.6. The minimum atomic E-state index is -0.130. The molecular formula is C19H19NO4. The van der Waals surface area contributed by atoms with Gasteiger partial charge in [0.2, 0.25) is 0 Å². The van der Waals surface area contributed by atoms with Crippen molar-refractivity contribution in [3.63, 3.8) is 0 Å². The Morgan fingerprint density at radius 1 is 1.00 bits per heavy atom. The van der Waals surface area contributed by atoms with Crippen LogP contribution in [0.5, 0.6) is 11.5 Å². The number of benzene rings is 2. The van der Waals surface area contributed by atoms with Gasteiger partial charge in [-0.1, -0.05) is 24.3 Å². The second kappa shape index (κ2) is 8.16. The third kappa shape index (κ3) is 3.74. The molecule has 2 rings (SSSR count). The van der Waals surface area contributed by atoms with E-state index in [1.165, 1.54) is 14.2 Å². The van der Waals surface area contributed by atoms with Crippen molar-refractivity contribution in [1.82, 2.24) is 0 Å². The highest BCUT2D eigenvalue weighted by Gasteiger charge is 2.08. The molecule has 0 fully saturated rings. The highest BCUT2D eigenvalue weighted by molar-refractivity contribution is 5.90.